The number of hydrogen-bond donors (Lipinski definition) is 4. The largest absolute Gasteiger partial charge is 0.369 e. The Kier molecular flexibility index (Phi) is 10.6. The molecule has 1 unspecified atom stereocenters. The number of primary amides is 1. The molecule has 0 aromatic rings. The van der Waals surface area contributed by atoms with E-state index in [1.807, 2.05) is 20.8 Å². The van der Waals surface area contributed by atoms with Crippen LogP contribution in [0.4, 0.5) is 9.59 Å². The third kappa shape index (κ3) is 7.74. The lowest BCUT2D eigenvalue weighted by Crippen LogP contribution is -2.65. The summed E-state index contributed by atoms with van der Waals surface area (Å²) >= 11 is 0. The first-order chi connectivity index (χ1) is 12.9. The third-order valence-electron chi connectivity index (χ3n) is 4.13. The molecule has 0 aliphatic rings. The van der Waals surface area contributed by atoms with Crippen molar-refractivity contribution in [1.82, 2.24) is 20.9 Å². The van der Waals surface area contributed by atoms with Crippen LogP contribution in [-0.2, 0) is 9.59 Å². The Hall–Kier alpha value is -2.32. The SMILES string of the molecule is CCCCNC(=O)N(C(=O)NCC(C)C)C(C)(C)C(C(N)=O)C(=O)NC(C)C. The van der Waals surface area contributed by atoms with Gasteiger partial charge in [0.2, 0.25) is 11.8 Å². The van der Waals surface area contributed by atoms with Gasteiger partial charge < -0.3 is 21.7 Å². The van der Waals surface area contributed by atoms with Crippen LogP contribution in [0.5, 0.6) is 0 Å². The van der Waals surface area contributed by atoms with E-state index in [1.54, 1.807) is 13.8 Å². The highest BCUT2D eigenvalue weighted by molar-refractivity contribution is 6.03. The van der Waals surface area contributed by atoms with E-state index in [1.165, 1.54) is 13.8 Å². The van der Waals surface area contributed by atoms with Crippen LogP contribution in [0.2, 0.25) is 0 Å². The van der Waals surface area contributed by atoms with E-state index in [-0.39, 0.29) is 12.0 Å². The second kappa shape index (κ2) is 11.5. The van der Waals surface area contributed by atoms with Crippen molar-refractivity contribution in [3.8, 4) is 0 Å². The molecule has 0 saturated carbocycles. The average Bonchev–Trinajstić information content (AvgIpc) is 2.51. The van der Waals surface area contributed by atoms with Crippen LogP contribution in [0, 0.1) is 11.8 Å². The van der Waals surface area contributed by atoms with E-state index in [9.17, 15) is 19.2 Å². The molecule has 0 aliphatic carbocycles. The molecule has 28 heavy (non-hydrogen) atoms. The molecule has 0 rings (SSSR count). The minimum absolute atomic E-state index is 0.160. The molecule has 0 heterocycles. The monoisotopic (exact) mass is 399 g/mol. The van der Waals surface area contributed by atoms with Crippen LogP contribution < -0.4 is 21.7 Å². The van der Waals surface area contributed by atoms with Crippen molar-refractivity contribution in [2.75, 3.05) is 13.1 Å². The zero-order valence-electron chi connectivity index (χ0n) is 18.2. The topological polar surface area (TPSA) is 134 Å². The maximum atomic E-state index is 12.8. The van der Waals surface area contributed by atoms with Crippen molar-refractivity contribution in [2.45, 2.75) is 72.9 Å². The van der Waals surface area contributed by atoms with Gasteiger partial charge in [0.1, 0.15) is 5.92 Å². The number of unbranched alkanes of at least 4 members (excludes halogenated alkanes) is 1. The molecule has 5 N–H and O–H groups in total. The first-order valence-corrected chi connectivity index (χ1v) is 9.81. The van der Waals surface area contributed by atoms with E-state index in [0.29, 0.717) is 13.1 Å². The predicted octanol–water partition coefficient (Wildman–Crippen LogP) is 1.57. The molecule has 0 aromatic heterocycles. The molecule has 0 radical (unpaired) electrons. The van der Waals surface area contributed by atoms with Crippen molar-refractivity contribution >= 4 is 23.9 Å². The van der Waals surface area contributed by atoms with Crippen LogP contribution in [-0.4, -0.2) is 53.4 Å². The van der Waals surface area contributed by atoms with Gasteiger partial charge >= 0.3 is 12.1 Å². The highest BCUT2D eigenvalue weighted by Crippen LogP contribution is 2.26. The van der Waals surface area contributed by atoms with Crippen LogP contribution >= 0.6 is 0 Å². The molecule has 6 amide bonds. The van der Waals surface area contributed by atoms with Gasteiger partial charge in [-0.25, -0.2) is 14.5 Å². The molecule has 9 heteroatoms. The second-order valence-corrected chi connectivity index (χ2v) is 8.15. The zero-order valence-corrected chi connectivity index (χ0v) is 18.2. The number of nitrogens with one attached hydrogen (secondary N) is 3. The highest BCUT2D eigenvalue weighted by Gasteiger charge is 2.48. The Morgan fingerprint density at radius 3 is 1.96 bits per heavy atom. The zero-order chi connectivity index (χ0) is 22.1. The summed E-state index contributed by atoms with van der Waals surface area (Å²) in [6, 6.07) is -1.59. The average molecular weight is 400 g/mol. The second-order valence-electron chi connectivity index (χ2n) is 8.15. The summed E-state index contributed by atoms with van der Waals surface area (Å²) in [5.74, 6) is -2.79. The normalized spacial score (nSPS) is 12.5. The van der Waals surface area contributed by atoms with Gasteiger partial charge in [-0.3, -0.25) is 9.59 Å². The van der Waals surface area contributed by atoms with Gasteiger partial charge in [0.25, 0.3) is 0 Å². The van der Waals surface area contributed by atoms with Crippen LogP contribution in [0.25, 0.3) is 0 Å². The van der Waals surface area contributed by atoms with Crippen LogP contribution in [0.15, 0.2) is 0 Å². The van der Waals surface area contributed by atoms with E-state index in [2.05, 4.69) is 16.0 Å². The summed E-state index contributed by atoms with van der Waals surface area (Å²) in [7, 11) is 0. The molecule has 162 valence electrons. The van der Waals surface area contributed by atoms with Gasteiger partial charge in [-0.2, -0.15) is 0 Å². The molecule has 0 aliphatic heterocycles. The number of hydrogen-bond acceptors (Lipinski definition) is 4. The minimum atomic E-state index is -1.48. The molecule has 0 aromatic carbocycles. The first kappa shape index (κ1) is 25.7. The summed E-state index contributed by atoms with van der Waals surface area (Å²) in [6.07, 6.45) is 1.60. The number of rotatable bonds is 10. The molecule has 0 spiro atoms. The van der Waals surface area contributed by atoms with Crippen molar-refractivity contribution in [3.05, 3.63) is 0 Å². The smallest absolute Gasteiger partial charge is 0.326 e. The summed E-state index contributed by atoms with van der Waals surface area (Å²) < 4.78 is 0. The molecule has 0 bridgehead atoms. The van der Waals surface area contributed by atoms with Crippen molar-refractivity contribution < 1.29 is 19.2 Å². The Labute approximate surface area is 168 Å². The number of imide groups is 1. The summed E-state index contributed by atoms with van der Waals surface area (Å²) in [6.45, 7) is 13.0. The molecule has 9 nitrogen and oxygen atoms in total. The summed E-state index contributed by atoms with van der Waals surface area (Å²) in [5, 5.41) is 7.99. The summed E-state index contributed by atoms with van der Waals surface area (Å²) in [5.41, 5.74) is 4.01. The fourth-order valence-corrected chi connectivity index (χ4v) is 2.73. The van der Waals surface area contributed by atoms with Gasteiger partial charge in [0.15, 0.2) is 0 Å². The predicted molar refractivity (Wildman–Crippen MR) is 108 cm³/mol. The number of nitrogens with two attached hydrogens (primary N) is 1. The lowest BCUT2D eigenvalue weighted by atomic mass is 9.84. The van der Waals surface area contributed by atoms with Gasteiger partial charge in [-0.15, -0.1) is 0 Å². The lowest BCUT2D eigenvalue weighted by Gasteiger charge is -2.40. The molecular formula is C19H37N5O4. The third-order valence-corrected chi connectivity index (χ3v) is 4.13. The Morgan fingerprint density at radius 2 is 1.54 bits per heavy atom. The Bertz CT molecular complexity index is 561. The van der Waals surface area contributed by atoms with E-state index in [4.69, 9.17) is 5.73 Å². The maximum absolute atomic E-state index is 12.8. The van der Waals surface area contributed by atoms with E-state index < -0.39 is 35.3 Å². The molecule has 1 atom stereocenters. The van der Waals surface area contributed by atoms with Gasteiger partial charge in [-0.05, 0) is 40.0 Å². The molecule has 0 fully saturated rings. The quantitative estimate of drug-likeness (QED) is 0.328. The maximum Gasteiger partial charge on any atom is 0.326 e. The summed E-state index contributed by atoms with van der Waals surface area (Å²) in [4.78, 5) is 51.2. The highest BCUT2D eigenvalue weighted by atomic mass is 16.2. The number of carbonyl (C=O) groups is 4. The van der Waals surface area contributed by atoms with Crippen LogP contribution in [0.3, 0.4) is 0 Å². The van der Waals surface area contributed by atoms with Crippen molar-refractivity contribution in [1.29, 1.82) is 0 Å². The number of nitrogens with zero attached hydrogens (tertiary/aromatic N) is 1. The van der Waals surface area contributed by atoms with Crippen molar-refractivity contribution in [2.24, 2.45) is 17.6 Å². The van der Waals surface area contributed by atoms with Gasteiger partial charge in [0.05, 0.1) is 5.54 Å². The van der Waals surface area contributed by atoms with Crippen molar-refractivity contribution in [3.63, 3.8) is 0 Å². The number of urea groups is 2. The minimum Gasteiger partial charge on any atom is -0.369 e. The molecular weight excluding hydrogens is 362 g/mol. The fraction of sp³-hybridized carbons (Fsp3) is 0.789. The Morgan fingerprint density at radius 1 is 1.00 bits per heavy atom. The van der Waals surface area contributed by atoms with Crippen LogP contribution in [0.1, 0.15) is 61.3 Å². The first-order valence-electron chi connectivity index (χ1n) is 9.81. The fourth-order valence-electron chi connectivity index (χ4n) is 2.73. The number of carbonyl (C=O) groups excluding carboxylic acids is 4. The van der Waals surface area contributed by atoms with E-state index >= 15 is 0 Å². The van der Waals surface area contributed by atoms with Gasteiger partial charge in [0, 0.05) is 19.1 Å². The van der Waals surface area contributed by atoms with Gasteiger partial charge in [-0.1, -0.05) is 27.2 Å². The number of amides is 6. The Balaban J connectivity index is 5.87. The lowest BCUT2D eigenvalue weighted by molar-refractivity contribution is -0.138. The van der Waals surface area contributed by atoms with E-state index in [0.717, 1.165) is 17.7 Å². The molecule has 0 saturated heterocycles. The standard InChI is InChI=1S/C19H37N5O4/c1-8-9-10-21-17(27)24(18(28)22-11-12(2)3)19(6,7)14(15(20)25)16(26)23-13(4)5/h12-14H,8-11H2,1-7H3,(H2,20,25)(H,21,27)(H,22,28)(H,23,26).